The molecule has 0 amide bonds. The van der Waals surface area contributed by atoms with Gasteiger partial charge in [-0.3, -0.25) is 4.68 Å². The molecular formula is C13H15BrFN3. The molecule has 2 rings (SSSR count). The molecule has 0 unspecified atom stereocenters. The molecule has 1 N–H and O–H groups in total. The van der Waals surface area contributed by atoms with Crippen LogP contribution < -0.4 is 5.32 Å². The van der Waals surface area contributed by atoms with Gasteiger partial charge in [0.15, 0.2) is 0 Å². The van der Waals surface area contributed by atoms with Crippen LogP contribution in [0.25, 0.3) is 0 Å². The Bertz CT molecular complexity index is 537. The third-order valence-corrected chi connectivity index (χ3v) is 3.11. The molecule has 0 fully saturated rings. The summed E-state index contributed by atoms with van der Waals surface area (Å²) in [5, 5.41) is 7.38. The number of nitrogens with zero attached hydrogens (tertiary/aromatic N) is 2. The van der Waals surface area contributed by atoms with Crippen LogP contribution in [0.4, 0.5) is 10.1 Å². The molecule has 0 spiro atoms. The lowest BCUT2D eigenvalue weighted by molar-refractivity contribution is 0.532. The van der Waals surface area contributed by atoms with Crippen LogP contribution in [-0.4, -0.2) is 9.78 Å². The number of halogens is 2. The molecule has 0 saturated carbocycles. The molecule has 2 aromatic rings. The van der Waals surface area contributed by atoms with Gasteiger partial charge in [-0.25, -0.2) is 4.39 Å². The Morgan fingerprint density at radius 2 is 2.22 bits per heavy atom. The minimum absolute atomic E-state index is 0.207. The van der Waals surface area contributed by atoms with Crippen molar-refractivity contribution in [3.8, 4) is 0 Å². The minimum atomic E-state index is -0.207. The van der Waals surface area contributed by atoms with E-state index in [2.05, 4.69) is 40.2 Å². The molecule has 0 bridgehead atoms. The van der Waals surface area contributed by atoms with E-state index in [4.69, 9.17) is 0 Å². The van der Waals surface area contributed by atoms with Gasteiger partial charge >= 0.3 is 0 Å². The first-order valence-electron chi connectivity index (χ1n) is 5.78. The topological polar surface area (TPSA) is 29.9 Å². The summed E-state index contributed by atoms with van der Waals surface area (Å²) in [6, 6.07) is 5.24. The molecule has 0 aliphatic carbocycles. The van der Waals surface area contributed by atoms with Gasteiger partial charge in [0.1, 0.15) is 5.82 Å². The second-order valence-corrected chi connectivity index (χ2v) is 5.31. The molecule has 1 aromatic heterocycles. The molecule has 5 heteroatoms. The third kappa shape index (κ3) is 3.10. The number of hydrogen-bond acceptors (Lipinski definition) is 2. The van der Waals surface area contributed by atoms with Gasteiger partial charge in [0.2, 0.25) is 0 Å². The Kier molecular flexibility index (Phi) is 4.01. The summed E-state index contributed by atoms with van der Waals surface area (Å²) < 4.78 is 16.3. The molecule has 18 heavy (non-hydrogen) atoms. The summed E-state index contributed by atoms with van der Waals surface area (Å²) in [6.45, 7) is 4.56. The second-order valence-electron chi connectivity index (χ2n) is 4.39. The van der Waals surface area contributed by atoms with E-state index >= 15 is 0 Å². The SMILES string of the molecule is CC(C)n1cc(NCc2cc(Br)ccc2F)cn1. The Hall–Kier alpha value is -1.36. The molecule has 0 radical (unpaired) electrons. The molecule has 96 valence electrons. The Balaban J connectivity index is 2.04. The summed E-state index contributed by atoms with van der Waals surface area (Å²) in [5.74, 6) is -0.207. The van der Waals surface area contributed by atoms with Gasteiger partial charge in [-0.15, -0.1) is 0 Å². The van der Waals surface area contributed by atoms with E-state index in [0.29, 0.717) is 18.2 Å². The van der Waals surface area contributed by atoms with E-state index in [0.717, 1.165) is 10.2 Å². The quantitative estimate of drug-likeness (QED) is 0.925. The third-order valence-electron chi connectivity index (χ3n) is 2.62. The van der Waals surface area contributed by atoms with E-state index in [1.165, 1.54) is 6.07 Å². The van der Waals surface area contributed by atoms with Gasteiger partial charge in [0.05, 0.1) is 11.9 Å². The standard InChI is InChI=1S/C13H15BrFN3/c1-9(2)18-8-12(7-17-18)16-6-10-5-11(14)3-4-13(10)15/h3-5,7-9,16H,6H2,1-2H3. The van der Waals surface area contributed by atoms with E-state index < -0.39 is 0 Å². The van der Waals surface area contributed by atoms with Crippen molar-refractivity contribution < 1.29 is 4.39 Å². The van der Waals surface area contributed by atoms with Crippen LogP contribution in [0, 0.1) is 5.82 Å². The highest BCUT2D eigenvalue weighted by molar-refractivity contribution is 9.10. The van der Waals surface area contributed by atoms with Gasteiger partial charge in [-0.05, 0) is 32.0 Å². The predicted molar refractivity (Wildman–Crippen MR) is 74.0 cm³/mol. The highest BCUT2D eigenvalue weighted by Crippen LogP contribution is 2.17. The molecule has 0 aliphatic rings. The molecule has 0 saturated heterocycles. The van der Waals surface area contributed by atoms with Crippen LogP contribution in [-0.2, 0) is 6.54 Å². The zero-order chi connectivity index (χ0) is 13.1. The number of nitrogens with one attached hydrogen (secondary N) is 1. The van der Waals surface area contributed by atoms with Crippen LogP contribution in [0.5, 0.6) is 0 Å². The first-order chi connectivity index (χ1) is 8.56. The van der Waals surface area contributed by atoms with E-state index in [9.17, 15) is 4.39 Å². The fourth-order valence-electron chi connectivity index (χ4n) is 1.59. The van der Waals surface area contributed by atoms with Crippen LogP contribution in [0.3, 0.4) is 0 Å². The van der Waals surface area contributed by atoms with Crippen molar-refractivity contribution in [2.24, 2.45) is 0 Å². The summed E-state index contributed by atoms with van der Waals surface area (Å²) in [4.78, 5) is 0. The minimum Gasteiger partial charge on any atom is -0.378 e. The van der Waals surface area contributed by atoms with Crippen molar-refractivity contribution >= 4 is 21.6 Å². The van der Waals surface area contributed by atoms with Crippen molar-refractivity contribution in [3.63, 3.8) is 0 Å². The average Bonchev–Trinajstić information content (AvgIpc) is 2.79. The van der Waals surface area contributed by atoms with Gasteiger partial charge in [-0.2, -0.15) is 5.10 Å². The summed E-state index contributed by atoms with van der Waals surface area (Å²) in [7, 11) is 0. The van der Waals surface area contributed by atoms with Crippen molar-refractivity contribution in [3.05, 3.63) is 46.4 Å². The lowest BCUT2D eigenvalue weighted by Gasteiger charge is -2.06. The Morgan fingerprint density at radius 1 is 1.44 bits per heavy atom. The Labute approximate surface area is 114 Å². The molecular weight excluding hydrogens is 297 g/mol. The van der Waals surface area contributed by atoms with Crippen LogP contribution in [0.1, 0.15) is 25.5 Å². The van der Waals surface area contributed by atoms with Crippen LogP contribution in [0.2, 0.25) is 0 Å². The van der Waals surface area contributed by atoms with E-state index in [1.807, 2.05) is 10.9 Å². The van der Waals surface area contributed by atoms with Gasteiger partial charge in [-0.1, -0.05) is 15.9 Å². The van der Waals surface area contributed by atoms with E-state index in [-0.39, 0.29) is 5.82 Å². The lowest BCUT2D eigenvalue weighted by Crippen LogP contribution is -2.02. The first-order valence-corrected chi connectivity index (χ1v) is 6.57. The fourth-order valence-corrected chi connectivity index (χ4v) is 2.00. The van der Waals surface area contributed by atoms with Crippen molar-refractivity contribution in [2.45, 2.75) is 26.4 Å². The smallest absolute Gasteiger partial charge is 0.128 e. The Morgan fingerprint density at radius 3 is 2.89 bits per heavy atom. The summed E-state index contributed by atoms with van der Waals surface area (Å²) >= 11 is 3.33. The second kappa shape index (κ2) is 5.52. The van der Waals surface area contributed by atoms with Crippen LogP contribution >= 0.6 is 15.9 Å². The maximum absolute atomic E-state index is 13.5. The number of benzene rings is 1. The summed E-state index contributed by atoms with van der Waals surface area (Å²) in [5.41, 5.74) is 1.52. The van der Waals surface area contributed by atoms with Crippen LogP contribution in [0.15, 0.2) is 35.1 Å². The maximum atomic E-state index is 13.5. The van der Waals surface area contributed by atoms with E-state index in [1.54, 1.807) is 18.3 Å². The lowest BCUT2D eigenvalue weighted by atomic mass is 10.2. The van der Waals surface area contributed by atoms with Gasteiger partial charge < -0.3 is 5.32 Å². The van der Waals surface area contributed by atoms with Gasteiger partial charge in [0, 0.05) is 28.8 Å². The van der Waals surface area contributed by atoms with Crippen molar-refractivity contribution in [2.75, 3.05) is 5.32 Å². The van der Waals surface area contributed by atoms with Gasteiger partial charge in [0.25, 0.3) is 0 Å². The molecule has 1 aromatic carbocycles. The fraction of sp³-hybridized carbons (Fsp3) is 0.308. The van der Waals surface area contributed by atoms with Crippen molar-refractivity contribution in [1.82, 2.24) is 9.78 Å². The molecule has 0 atom stereocenters. The largest absolute Gasteiger partial charge is 0.378 e. The number of rotatable bonds is 4. The summed E-state index contributed by atoms with van der Waals surface area (Å²) in [6.07, 6.45) is 3.66. The monoisotopic (exact) mass is 311 g/mol. The number of hydrogen-bond donors (Lipinski definition) is 1. The molecule has 0 aliphatic heterocycles. The normalized spacial score (nSPS) is 10.9. The maximum Gasteiger partial charge on any atom is 0.128 e. The predicted octanol–water partition coefficient (Wildman–Crippen LogP) is 3.98. The average molecular weight is 312 g/mol. The molecule has 1 heterocycles. The number of aromatic nitrogens is 2. The number of anilines is 1. The zero-order valence-corrected chi connectivity index (χ0v) is 11.9. The zero-order valence-electron chi connectivity index (χ0n) is 10.3. The first kappa shape index (κ1) is 13.1. The van der Waals surface area contributed by atoms with Crippen molar-refractivity contribution in [1.29, 1.82) is 0 Å². The highest BCUT2D eigenvalue weighted by atomic mass is 79.9. The highest BCUT2D eigenvalue weighted by Gasteiger charge is 2.05. The molecule has 3 nitrogen and oxygen atoms in total.